The van der Waals surface area contributed by atoms with Crippen molar-refractivity contribution < 1.29 is 9.18 Å². The topological polar surface area (TPSA) is 44.4 Å². The number of fused-ring (bicyclic) bond motifs is 1. The van der Waals surface area contributed by atoms with Crippen LogP contribution in [0.15, 0.2) is 84.1 Å². The van der Waals surface area contributed by atoms with Crippen LogP contribution in [0.2, 0.25) is 0 Å². The Labute approximate surface area is 200 Å². The van der Waals surface area contributed by atoms with Crippen LogP contribution in [-0.2, 0) is 4.79 Å². The number of halogens is 1. The van der Waals surface area contributed by atoms with Gasteiger partial charge < -0.3 is 15.5 Å². The standard InChI is InChI=1S/C29H30FN3O/c1-3-33(4-2)23-15-11-20(12-16-23)29-28-26(31-24-7-5-6-8-25(24)32-29)17-21(18-27(28)34)19-9-13-22(30)14-10-19/h5-16,21,29,31-32H,3-4,17-18H2,1-2H3/t21-,29-/m1/s1. The van der Waals surface area contributed by atoms with E-state index in [-0.39, 0.29) is 23.6 Å². The smallest absolute Gasteiger partial charge is 0.163 e. The molecule has 3 aromatic carbocycles. The molecule has 0 saturated heterocycles. The summed E-state index contributed by atoms with van der Waals surface area (Å²) in [5.41, 5.74) is 6.92. The highest BCUT2D eigenvalue weighted by molar-refractivity contribution is 6.01. The number of benzene rings is 3. The molecule has 0 spiro atoms. The van der Waals surface area contributed by atoms with Crippen LogP contribution >= 0.6 is 0 Å². The third kappa shape index (κ3) is 4.18. The molecular formula is C29H30FN3O. The molecule has 1 heterocycles. The summed E-state index contributed by atoms with van der Waals surface area (Å²) >= 11 is 0. The molecule has 1 aliphatic heterocycles. The maximum Gasteiger partial charge on any atom is 0.163 e. The number of hydrogen-bond donors (Lipinski definition) is 2. The van der Waals surface area contributed by atoms with E-state index in [0.717, 1.165) is 46.9 Å². The second-order valence-corrected chi connectivity index (χ2v) is 8.98. The first-order valence-electron chi connectivity index (χ1n) is 12.1. The second-order valence-electron chi connectivity index (χ2n) is 8.98. The van der Waals surface area contributed by atoms with Gasteiger partial charge in [-0.1, -0.05) is 36.4 Å². The average Bonchev–Trinajstić information content (AvgIpc) is 3.02. The van der Waals surface area contributed by atoms with Gasteiger partial charge in [0.05, 0.1) is 17.4 Å². The minimum absolute atomic E-state index is 0.0234. The molecule has 5 rings (SSSR count). The Morgan fingerprint density at radius 2 is 1.50 bits per heavy atom. The number of Topliss-reactive ketones (excluding diaryl/α,β-unsaturated/α-hetero) is 1. The summed E-state index contributed by atoms with van der Waals surface area (Å²) in [6, 6.07) is 22.9. The Hall–Kier alpha value is -3.60. The van der Waals surface area contributed by atoms with Crippen molar-refractivity contribution in [2.24, 2.45) is 0 Å². The van der Waals surface area contributed by atoms with E-state index in [0.29, 0.717) is 12.8 Å². The lowest BCUT2D eigenvalue weighted by molar-refractivity contribution is -0.116. The van der Waals surface area contributed by atoms with E-state index in [1.807, 2.05) is 24.3 Å². The number of para-hydroxylation sites is 2. The summed E-state index contributed by atoms with van der Waals surface area (Å²) in [7, 11) is 0. The summed E-state index contributed by atoms with van der Waals surface area (Å²) in [5.74, 6) is -0.110. The normalized spacial score (nSPS) is 19.4. The number of anilines is 3. The molecule has 2 atom stereocenters. The number of nitrogens with one attached hydrogen (secondary N) is 2. The van der Waals surface area contributed by atoms with Gasteiger partial charge in [0.25, 0.3) is 0 Å². The molecular weight excluding hydrogens is 425 g/mol. The molecule has 2 aliphatic rings. The van der Waals surface area contributed by atoms with Crippen LogP contribution in [0.25, 0.3) is 0 Å². The largest absolute Gasteiger partial charge is 0.372 e. The highest BCUT2D eigenvalue weighted by Gasteiger charge is 2.36. The van der Waals surface area contributed by atoms with Crippen molar-refractivity contribution in [2.75, 3.05) is 28.6 Å². The number of ketones is 1. The van der Waals surface area contributed by atoms with Crippen molar-refractivity contribution in [3.63, 3.8) is 0 Å². The number of carbonyl (C=O) groups is 1. The maximum absolute atomic E-state index is 13.6. The molecule has 174 valence electrons. The summed E-state index contributed by atoms with van der Waals surface area (Å²) in [6.45, 7) is 6.21. The van der Waals surface area contributed by atoms with Gasteiger partial charge in [0.2, 0.25) is 0 Å². The van der Waals surface area contributed by atoms with E-state index < -0.39 is 0 Å². The fraction of sp³-hybridized carbons (Fsp3) is 0.276. The Kier molecular flexibility index (Phi) is 6.10. The van der Waals surface area contributed by atoms with Crippen LogP contribution in [0.1, 0.15) is 49.8 Å². The van der Waals surface area contributed by atoms with E-state index in [2.05, 4.69) is 53.6 Å². The van der Waals surface area contributed by atoms with Gasteiger partial charge in [-0.3, -0.25) is 4.79 Å². The molecule has 3 aromatic rings. The van der Waals surface area contributed by atoms with Crippen LogP contribution in [-0.4, -0.2) is 18.9 Å². The van der Waals surface area contributed by atoms with Crippen molar-refractivity contribution in [3.8, 4) is 0 Å². The Balaban J connectivity index is 1.55. The lowest BCUT2D eigenvalue weighted by Crippen LogP contribution is -2.27. The van der Waals surface area contributed by atoms with Crippen LogP contribution in [0, 0.1) is 5.82 Å². The second kappa shape index (κ2) is 9.34. The number of rotatable bonds is 5. The van der Waals surface area contributed by atoms with E-state index in [1.54, 1.807) is 12.1 Å². The predicted octanol–water partition coefficient (Wildman–Crippen LogP) is 6.65. The first kappa shape index (κ1) is 22.2. The molecule has 2 N–H and O–H groups in total. The molecule has 0 bridgehead atoms. The van der Waals surface area contributed by atoms with Gasteiger partial charge in [-0.15, -0.1) is 0 Å². The van der Waals surface area contributed by atoms with Gasteiger partial charge >= 0.3 is 0 Å². The highest BCUT2D eigenvalue weighted by Crippen LogP contribution is 2.44. The van der Waals surface area contributed by atoms with Crippen LogP contribution in [0.4, 0.5) is 21.5 Å². The van der Waals surface area contributed by atoms with Crippen molar-refractivity contribution >= 4 is 22.8 Å². The van der Waals surface area contributed by atoms with Gasteiger partial charge in [-0.2, -0.15) is 0 Å². The molecule has 34 heavy (non-hydrogen) atoms. The van der Waals surface area contributed by atoms with Crippen molar-refractivity contribution in [1.82, 2.24) is 0 Å². The lowest BCUT2D eigenvalue weighted by Gasteiger charge is -2.30. The van der Waals surface area contributed by atoms with Gasteiger partial charge in [0.15, 0.2) is 5.78 Å². The molecule has 0 fully saturated rings. The fourth-order valence-corrected chi connectivity index (χ4v) is 5.18. The highest BCUT2D eigenvalue weighted by atomic mass is 19.1. The van der Waals surface area contributed by atoms with Gasteiger partial charge in [0, 0.05) is 36.5 Å². The molecule has 0 radical (unpaired) electrons. The molecule has 0 unspecified atom stereocenters. The van der Waals surface area contributed by atoms with E-state index in [9.17, 15) is 9.18 Å². The number of hydrogen-bond acceptors (Lipinski definition) is 4. The SMILES string of the molecule is CCN(CC)c1ccc([C@H]2Nc3ccccc3NC3=C2C(=O)C[C@H](c2ccc(F)cc2)C3)cc1. The fourth-order valence-electron chi connectivity index (χ4n) is 5.18. The first-order chi connectivity index (χ1) is 16.6. The molecule has 0 amide bonds. The molecule has 5 heteroatoms. The molecule has 0 aromatic heterocycles. The van der Waals surface area contributed by atoms with Gasteiger partial charge in [-0.25, -0.2) is 4.39 Å². The average molecular weight is 456 g/mol. The zero-order chi connectivity index (χ0) is 23.7. The van der Waals surface area contributed by atoms with E-state index in [4.69, 9.17) is 0 Å². The van der Waals surface area contributed by atoms with Crippen molar-refractivity contribution in [3.05, 3.63) is 101 Å². The summed E-state index contributed by atoms with van der Waals surface area (Å²) in [4.78, 5) is 15.9. The Morgan fingerprint density at radius 1 is 0.853 bits per heavy atom. The first-order valence-corrected chi connectivity index (χ1v) is 12.1. The predicted molar refractivity (Wildman–Crippen MR) is 137 cm³/mol. The molecule has 0 saturated carbocycles. The minimum Gasteiger partial charge on any atom is -0.372 e. The minimum atomic E-state index is -0.260. The summed E-state index contributed by atoms with van der Waals surface area (Å²) in [5, 5.41) is 7.20. The maximum atomic E-state index is 13.6. The number of carbonyl (C=O) groups excluding carboxylic acids is 1. The number of nitrogens with zero attached hydrogens (tertiary/aromatic N) is 1. The van der Waals surface area contributed by atoms with Crippen LogP contribution in [0.3, 0.4) is 0 Å². The van der Waals surface area contributed by atoms with Crippen molar-refractivity contribution in [1.29, 1.82) is 0 Å². The third-order valence-electron chi connectivity index (χ3n) is 7.01. The van der Waals surface area contributed by atoms with Gasteiger partial charge in [-0.05, 0) is 73.7 Å². The van der Waals surface area contributed by atoms with Crippen molar-refractivity contribution in [2.45, 2.75) is 38.6 Å². The van der Waals surface area contributed by atoms with E-state index in [1.165, 1.54) is 17.8 Å². The molecule has 1 aliphatic carbocycles. The van der Waals surface area contributed by atoms with Crippen LogP contribution in [0.5, 0.6) is 0 Å². The van der Waals surface area contributed by atoms with Crippen LogP contribution < -0.4 is 15.5 Å². The zero-order valence-corrected chi connectivity index (χ0v) is 19.6. The number of allylic oxidation sites excluding steroid dienone is 1. The van der Waals surface area contributed by atoms with E-state index >= 15 is 0 Å². The monoisotopic (exact) mass is 455 g/mol. The quantitative estimate of drug-likeness (QED) is 0.452. The zero-order valence-electron chi connectivity index (χ0n) is 19.6. The molecule has 4 nitrogen and oxygen atoms in total. The Bertz CT molecular complexity index is 1210. The summed E-state index contributed by atoms with van der Waals surface area (Å²) in [6.07, 6.45) is 1.12. The Morgan fingerprint density at radius 3 is 2.18 bits per heavy atom. The summed E-state index contributed by atoms with van der Waals surface area (Å²) < 4.78 is 13.5. The third-order valence-corrected chi connectivity index (χ3v) is 7.01. The lowest BCUT2D eigenvalue weighted by atomic mass is 9.78. The van der Waals surface area contributed by atoms with Gasteiger partial charge in [0.1, 0.15) is 5.82 Å².